The van der Waals surface area contributed by atoms with E-state index in [-0.39, 0.29) is 0 Å². The van der Waals surface area contributed by atoms with Crippen molar-refractivity contribution in [2.75, 3.05) is 39.9 Å². The summed E-state index contributed by atoms with van der Waals surface area (Å²) in [4.78, 5) is 2.40. The SMILES string of the molecule is C=CCN(CCOC)CCC1CCCN1. The number of hydrogen-bond acceptors (Lipinski definition) is 3. The minimum absolute atomic E-state index is 0.736. The van der Waals surface area contributed by atoms with E-state index in [1.54, 1.807) is 7.11 Å². The van der Waals surface area contributed by atoms with Crippen molar-refractivity contribution in [3.63, 3.8) is 0 Å². The van der Waals surface area contributed by atoms with Crippen LogP contribution in [0.5, 0.6) is 0 Å². The molecule has 1 atom stereocenters. The van der Waals surface area contributed by atoms with Gasteiger partial charge in [-0.15, -0.1) is 6.58 Å². The van der Waals surface area contributed by atoms with E-state index in [0.29, 0.717) is 0 Å². The maximum absolute atomic E-state index is 5.10. The van der Waals surface area contributed by atoms with Crippen LogP contribution in [0.25, 0.3) is 0 Å². The summed E-state index contributed by atoms with van der Waals surface area (Å²) in [5, 5.41) is 3.53. The topological polar surface area (TPSA) is 24.5 Å². The summed E-state index contributed by atoms with van der Waals surface area (Å²) in [5.41, 5.74) is 0. The first-order valence-corrected chi connectivity index (χ1v) is 5.92. The third-order valence-electron chi connectivity index (χ3n) is 2.96. The molecule has 0 spiro atoms. The number of nitrogens with one attached hydrogen (secondary N) is 1. The fraction of sp³-hybridized carbons (Fsp3) is 0.833. The lowest BCUT2D eigenvalue weighted by molar-refractivity contribution is 0.152. The Kier molecular flexibility index (Phi) is 6.64. The summed E-state index contributed by atoms with van der Waals surface area (Å²) >= 11 is 0. The Balaban J connectivity index is 2.14. The van der Waals surface area contributed by atoms with Crippen molar-refractivity contribution in [3.8, 4) is 0 Å². The van der Waals surface area contributed by atoms with Crippen molar-refractivity contribution in [2.24, 2.45) is 0 Å². The lowest BCUT2D eigenvalue weighted by atomic mass is 10.1. The molecule has 0 aromatic rings. The van der Waals surface area contributed by atoms with Gasteiger partial charge in [0.15, 0.2) is 0 Å². The Morgan fingerprint density at radius 2 is 2.40 bits per heavy atom. The van der Waals surface area contributed by atoms with Gasteiger partial charge in [-0.25, -0.2) is 0 Å². The molecule has 3 nitrogen and oxygen atoms in total. The molecule has 1 rings (SSSR count). The molecular formula is C12H24N2O. The van der Waals surface area contributed by atoms with E-state index < -0.39 is 0 Å². The van der Waals surface area contributed by atoms with E-state index in [2.05, 4.69) is 16.8 Å². The quantitative estimate of drug-likeness (QED) is 0.613. The van der Waals surface area contributed by atoms with Gasteiger partial charge < -0.3 is 10.1 Å². The number of nitrogens with zero attached hydrogens (tertiary/aromatic N) is 1. The largest absolute Gasteiger partial charge is 0.383 e. The van der Waals surface area contributed by atoms with Crippen LogP contribution in [0.15, 0.2) is 12.7 Å². The molecule has 1 heterocycles. The number of ether oxygens (including phenoxy) is 1. The number of hydrogen-bond donors (Lipinski definition) is 1. The van der Waals surface area contributed by atoms with E-state index in [1.165, 1.54) is 25.8 Å². The number of methoxy groups -OCH3 is 1. The predicted molar refractivity (Wildman–Crippen MR) is 64.2 cm³/mol. The van der Waals surface area contributed by atoms with Crippen LogP contribution in [0.4, 0.5) is 0 Å². The minimum atomic E-state index is 0.736. The highest BCUT2D eigenvalue weighted by atomic mass is 16.5. The van der Waals surface area contributed by atoms with Gasteiger partial charge in [-0.05, 0) is 25.8 Å². The highest BCUT2D eigenvalue weighted by Gasteiger charge is 2.14. The van der Waals surface area contributed by atoms with Gasteiger partial charge in [0.25, 0.3) is 0 Å². The maximum atomic E-state index is 5.10. The summed E-state index contributed by atoms with van der Waals surface area (Å²) in [7, 11) is 1.75. The lowest BCUT2D eigenvalue weighted by Gasteiger charge is -2.22. The first-order chi connectivity index (χ1) is 7.36. The third-order valence-corrected chi connectivity index (χ3v) is 2.96. The summed E-state index contributed by atoms with van der Waals surface area (Å²) in [6, 6.07) is 0.736. The zero-order chi connectivity index (χ0) is 10.9. The van der Waals surface area contributed by atoms with Crippen LogP contribution in [-0.4, -0.2) is 50.8 Å². The maximum Gasteiger partial charge on any atom is 0.0589 e. The summed E-state index contributed by atoms with van der Waals surface area (Å²) < 4.78 is 5.10. The molecule has 0 aliphatic carbocycles. The Hall–Kier alpha value is -0.380. The van der Waals surface area contributed by atoms with E-state index >= 15 is 0 Å². The highest BCUT2D eigenvalue weighted by molar-refractivity contribution is 4.78. The molecule has 1 aliphatic rings. The molecule has 0 saturated carbocycles. The van der Waals surface area contributed by atoms with Gasteiger partial charge in [0.05, 0.1) is 6.61 Å². The van der Waals surface area contributed by atoms with Gasteiger partial charge >= 0.3 is 0 Å². The van der Waals surface area contributed by atoms with Gasteiger partial charge in [-0.1, -0.05) is 6.08 Å². The monoisotopic (exact) mass is 212 g/mol. The molecule has 0 bridgehead atoms. The summed E-state index contributed by atoms with van der Waals surface area (Å²) in [6.45, 7) is 8.92. The second kappa shape index (κ2) is 7.85. The average Bonchev–Trinajstić information content (AvgIpc) is 2.75. The molecule has 15 heavy (non-hydrogen) atoms. The van der Waals surface area contributed by atoms with E-state index in [4.69, 9.17) is 4.74 Å². The second-order valence-electron chi connectivity index (χ2n) is 4.16. The Morgan fingerprint density at radius 3 is 3.00 bits per heavy atom. The van der Waals surface area contributed by atoms with Crippen LogP contribution in [0.1, 0.15) is 19.3 Å². The zero-order valence-electron chi connectivity index (χ0n) is 9.87. The van der Waals surface area contributed by atoms with Gasteiger partial charge in [-0.2, -0.15) is 0 Å². The minimum Gasteiger partial charge on any atom is -0.383 e. The molecule has 0 aromatic carbocycles. The molecule has 88 valence electrons. The Labute approximate surface area is 93.5 Å². The zero-order valence-corrected chi connectivity index (χ0v) is 9.87. The third kappa shape index (κ3) is 5.30. The van der Waals surface area contributed by atoms with Gasteiger partial charge in [-0.3, -0.25) is 4.90 Å². The highest BCUT2D eigenvalue weighted by Crippen LogP contribution is 2.09. The molecule has 0 amide bonds. The molecule has 1 aliphatic heterocycles. The summed E-state index contributed by atoms with van der Waals surface area (Å²) in [5.74, 6) is 0. The van der Waals surface area contributed by atoms with Crippen LogP contribution in [0, 0.1) is 0 Å². The molecule has 0 aromatic heterocycles. The molecule has 1 saturated heterocycles. The van der Waals surface area contributed by atoms with Crippen molar-refractivity contribution in [2.45, 2.75) is 25.3 Å². The molecule has 0 radical (unpaired) electrons. The first-order valence-electron chi connectivity index (χ1n) is 5.92. The van der Waals surface area contributed by atoms with Gasteiger partial charge in [0.2, 0.25) is 0 Å². The van der Waals surface area contributed by atoms with Crippen LogP contribution >= 0.6 is 0 Å². The summed E-state index contributed by atoms with van der Waals surface area (Å²) in [6.07, 6.45) is 5.89. The van der Waals surface area contributed by atoms with E-state index in [9.17, 15) is 0 Å². The second-order valence-corrected chi connectivity index (χ2v) is 4.16. The van der Waals surface area contributed by atoms with Crippen molar-refractivity contribution in [1.82, 2.24) is 10.2 Å². The standard InChI is InChI=1S/C12H24N2O/c1-3-8-14(10-11-15-2)9-6-12-5-4-7-13-12/h3,12-13H,1,4-11H2,2H3. The van der Waals surface area contributed by atoms with Crippen LogP contribution in [0.3, 0.4) is 0 Å². The van der Waals surface area contributed by atoms with Gasteiger partial charge in [0.1, 0.15) is 0 Å². The Bertz CT molecular complexity index is 167. The molecule has 3 heteroatoms. The van der Waals surface area contributed by atoms with Gasteiger partial charge in [0, 0.05) is 32.8 Å². The molecule has 1 unspecified atom stereocenters. The van der Waals surface area contributed by atoms with Crippen LogP contribution in [0.2, 0.25) is 0 Å². The average molecular weight is 212 g/mol. The molecular weight excluding hydrogens is 188 g/mol. The number of rotatable bonds is 8. The van der Waals surface area contributed by atoms with E-state index in [0.717, 1.165) is 32.3 Å². The molecule has 1 fully saturated rings. The van der Waals surface area contributed by atoms with Crippen molar-refractivity contribution in [1.29, 1.82) is 0 Å². The first kappa shape index (κ1) is 12.7. The predicted octanol–water partition coefficient (Wildman–Crippen LogP) is 1.26. The van der Waals surface area contributed by atoms with Crippen LogP contribution in [-0.2, 0) is 4.74 Å². The fourth-order valence-corrected chi connectivity index (χ4v) is 2.04. The van der Waals surface area contributed by atoms with E-state index in [1.807, 2.05) is 6.08 Å². The van der Waals surface area contributed by atoms with Crippen molar-refractivity contribution < 1.29 is 4.74 Å². The normalized spacial score (nSPS) is 21.1. The van der Waals surface area contributed by atoms with Crippen molar-refractivity contribution in [3.05, 3.63) is 12.7 Å². The smallest absolute Gasteiger partial charge is 0.0589 e. The van der Waals surface area contributed by atoms with Crippen molar-refractivity contribution >= 4 is 0 Å². The fourth-order valence-electron chi connectivity index (χ4n) is 2.04. The molecule has 1 N–H and O–H groups in total. The lowest BCUT2D eigenvalue weighted by Crippen LogP contribution is -2.33. The van der Waals surface area contributed by atoms with Crippen LogP contribution < -0.4 is 5.32 Å². The Morgan fingerprint density at radius 1 is 1.53 bits per heavy atom.